The minimum absolute atomic E-state index is 0.00512. The van der Waals surface area contributed by atoms with E-state index in [0.29, 0.717) is 18.0 Å². The van der Waals surface area contributed by atoms with E-state index in [9.17, 15) is 4.79 Å². The van der Waals surface area contributed by atoms with Gasteiger partial charge in [-0.1, -0.05) is 0 Å². The van der Waals surface area contributed by atoms with E-state index in [1.807, 2.05) is 6.07 Å². The Morgan fingerprint density at radius 2 is 2.23 bits per heavy atom. The monoisotopic (exact) mass is 302 g/mol. The number of anilines is 1. The molecule has 5 rings (SSSR count). The van der Waals surface area contributed by atoms with E-state index >= 15 is 0 Å². The third-order valence-corrected chi connectivity index (χ3v) is 5.67. The number of ether oxygens (including phenoxy) is 1. The molecule has 2 aliphatic heterocycles. The molecule has 118 valence electrons. The quantitative estimate of drug-likeness (QED) is 0.895. The van der Waals surface area contributed by atoms with Crippen LogP contribution in [0.2, 0.25) is 0 Å². The van der Waals surface area contributed by atoms with Gasteiger partial charge in [-0.2, -0.15) is 5.10 Å². The highest BCUT2D eigenvalue weighted by Gasteiger charge is 2.59. The molecule has 6 nitrogen and oxygen atoms in total. The minimum atomic E-state index is 0.00512. The van der Waals surface area contributed by atoms with Crippen LogP contribution >= 0.6 is 0 Å². The Balaban J connectivity index is 1.55. The van der Waals surface area contributed by atoms with Gasteiger partial charge in [0.05, 0.1) is 30.8 Å². The maximum atomic E-state index is 12.5. The summed E-state index contributed by atoms with van der Waals surface area (Å²) < 4.78 is 7.57. The lowest BCUT2D eigenvalue weighted by atomic mass is 9.98. The van der Waals surface area contributed by atoms with Gasteiger partial charge in [-0.15, -0.1) is 0 Å². The van der Waals surface area contributed by atoms with Gasteiger partial charge >= 0.3 is 0 Å². The zero-order valence-electron chi connectivity index (χ0n) is 12.9. The summed E-state index contributed by atoms with van der Waals surface area (Å²) in [5.74, 6) is 1.68. The van der Waals surface area contributed by atoms with E-state index < -0.39 is 0 Å². The Morgan fingerprint density at radius 1 is 1.41 bits per heavy atom. The maximum absolute atomic E-state index is 12.5. The van der Waals surface area contributed by atoms with E-state index in [-0.39, 0.29) is 11.4 Å². The topological polar surface area (TPSA) is 59.4 Å². The first-order valence-electron chi connectivity index (χ1n) is 8.44. The molecule has 1 spiro atoms. The molecule has 0 bridgehead atoms. The maximum Gasteiger partial charge on any atom is 0.270 e. The van der Waals surface area contributed by atoms with Crippen molar-refractivity contribution in [2.24, 2.45) is 5.92 Å². The molecule has 0 radical (unpaired) electrons. The van der Waals surface area contributed by atoms with Crippen molar-refractivity contribution in [3.63, 3.8) is 0 Å². The Labute approximate surface area is 129 Å². The van der Waals surface area contributed by atoms with Gasteiger partial charge in [-0.05, 0) is 38.5 Å². The molecule has 2 saturated carbocycles. The molecular formula is C16H22N4O2. The van der Waals surface area contributed by atoms with Gasteiger partial charge in [0.25, 0.3) is 5.91 Å². The molecule has 1 aromatic heterocycles. The summed E-state index contributed by atoms with van der Waals surface area (Å²) in [6.07, 6.45) is 4.74. The number of morpholine rings is 1. The highest BCUT2D eigenvalue weighted by atomic mass is 16.5. The summed E-state index contributed by atoms with van der Waals surface area (Å²) in [6, 6.07) is 2.65. The molecule has 3 fully saturated rings. The fourth-order valence-electron chi connectivity index (χ4n) is 4.19. The largest absolute Gasteiger partial charge is 0.377 e. The van der Waals surface area contributed by atoms with E-state index in [0.717, 1.165) is 44.1 Å². The second kappa shape index (κ2) is 4.25. The first-order chi connectivity index (χ1) is 10.7. The first-order valence-corrected chi connectivity index (χ1v) is 8.44. The molecule has 22 heavy (non-hydrogen) atoms. The normalized spacial score (nSPS) is 32.8. The minimum Gasteiger partial charge on any atom is -0.377 e. The van der Waals surface area contributed by atoms with Crippen LogP contribution in [0.25, 0.3) is 0 Å². The third kappa shape index (κ3) is 1.76. The highest BCUT2D eigenvalue weighted by Crippen LogP contribution is 2.56. The Kier molecular flexibility index (Phi) is 2.50. The smallest absolute Gasteiger partial charge is 0.270 e. The SMILES string of the molecule is C[C@@H]1COCCN1c1cc2n(n1)[C@H](C1CC1)C1(CC1)NC2=O. The molecule has 1 saturated heterocycles. The Bertz CT molecular complexity index is 632. The number of fused-ring (bicyclic) bond motifs is 1. The predicted octanol–water partition coefficient (Wildman–Crippen LogP) is 1.34. The van der Waals surface area contributed by atoms with Crippen LogP contribution in [0.1, 0.15) is 49.1 Å². The van der Waals surface area contributed by atoms with E-state index in [2.05, 4.69) is 21.8 Å². The van der Waals surface area contributed by atoms with Crippen molar-refractivity contribution in [2.45, 2.75) is 50.2 Å². The second-order valence-electron chi connectivity index (χ2n) is 7.34. The number of hydrogen-bond donors (Lipinski definition) is 1. The summed E-state index contributed by atoms with van der Waals surface area (Å²) in [5, 5.41) is 8.16. The molecule has 6 heteroatoms. The number of hydrogen-bond acceptors (Lipinski definition) is 4. The lowest BCUT2D eigenvalue weighted by Crippen LogP contribution is -2.50. The molecule has 1 aromatic rings. The fourth-order valence-corrected chi connectivity index (χ4v) is 4.19. The number of carbonyl (C=O) groups is 1. The molecule has 2 aliphatic carbocycles. The van der Waals surface area contributed by atoms with Crippen LogP contribution in [0, 0.1) is 5.92 Å². The van der Waals surface area contributed by atoms with Crippen molar-refractivity contribution in [1.82, 2.24) is 15.1 Å². The van der Waals surface area contributed by atoms with Crippen molar-refractivity contribution in [3.05, 3.63) is 11.8 Å². The van der Waals surface area contributed by atoms with Gasteiger partial charge in [0.1, 0.15) is 5.69 Å². The fraction of sp³-hybridized carbons (Fsp3) is 0.750. The van der Waals surface area contributed by atoms with E-state index in [1.165, 1.54) is 12.8 Å². The van der Waals surface area contributed by atoms with Crippen LogP contribution in [0.15, 0.2) is 6.07 Å². The second-order valence-corrected chi connectivity index (χ2v) is 7.34. The molecule has 1 N–H and O–H groups in total. The lowest BCUT2D eigenvalue weighted by Gasteiger charge is -2.34. The number of nitrogens with zero attached hydrogens (tertiary/aromatic N) is 3. The number of carbonyl (C=O) groups excluding carboxylic acids is 1. The summed E-state index contributed by atoms with van der Waals surface area (Å²) in [4.78, 5) is 14.8. The molecule has 4 aliphatic rings. The van der Waals surface area contributed by atoms with Gasteiger partial charge in [-0.25, -0.2) is 0 Å². The standard InChI is InChI=1S/C16H22N4O2/c1-10-9-22-7-6-19(10)13-8-12-15(21)17-16(4-5-16)14(11-2-3-11)20(12)18-13/h8,10-11,14H,2-7,9H2,1H3,(H,17,21)/t10-,14-/m1/s1. The van der Waals surface area contributed by atoms with Crippen LogP contribution in [-0.4, -0.2) is 47.0 Å². The summed E-state index contributed by atoms with van der Waals surface area (Å²) in [5.41, 5.74) is 0.744. The van der Waals surface area contributed by atoms with Crippen molar-refractivity contribution >= 4 is 11.7 Å². The van der Waals surface area contributed by atoms with Crippen LogP contribution in [-0.2, 0) is 4.74 Å². The Hall–Kier alpha value is -1.56. The summed E-state index contributed by atoms with van der Waals surface area (Å²) in [7, 11) is 0. The van der Waals surface area contributed by atoms with Gasteiger partial charge in [-0.3, -0.25) is 9.48 Å². The van der Waals surface area contributed by atoms with Gasteiger partial charge < -0.3 is 15.0 Å². The van der Waals surface area contributed by atoms with Crippen molar-refractivity contribution in [3.8, 4) is 0 Å². The molecule has 0 unspecified atom stereocenters. The molecule has 1 amide bonds. The number of amides is 1. The zero-order valence-corrected chi connectivity index (χ0v) is 12.9. The summed E-state index contributed by atoms with van der Waals surface area (Å²) >= 11 is 0. The van der Waals surface area contributed by atoms with Gasteiger partial charge in [0.2, 0.25) is 0 Å². The van der Waals surface area contributed by atoms with Gasteiger partial charge in [0, 0.05) is 12.6 Å². The summed E-state index contributed by atoms with van der Waals surface area (Å²) in [6.45, 7) is 4.45. The first kappa shape index (κ1) is 12.9. The van der Waals surface area contributed by atoms with Crippen LogP contribution in [0.3, 0.4) is 0 Å². The average Bonchev–Trinajstić information content (AvgIpc) is 3.41. The predicted molar refractivity (Wildman–Crippen MR) is 81.0 cm³/mol. The molecule has 3 heterocycles. The van der Waals surface area contributed by atoms with E-state index in [4.69, 9.17) is 9.84 Å². The van der Waals surface area contributed by atoms with Gasteiger partial charge in [0.15, 0.2) is 5.82 Å². The van der Waals surface area contributed by atoms with Crippen molar-refractivity contribution < 1.29 is 9.53 Å². The lowest BCUT2D eigenvalue weighted by molar-refractivity contribution is 0.0842. The zero-order chi connectivity index (χ0) is 14.9. The molecule has 0 aromatic carbocycles. The Morgan fingerprint density at radius 3 is 2.91 bits per heavy atom. The van der Waals surface area contributed by atoms with Crippen LogP contribution in [0.4, 0.5) is 5.82 Å². The average molecular weight is 302 g/mol. The molecular weight excluding hydrogens is 280 g/mol. The number of rotatable bonds is 2. The number of nitrogens with one attached hydrogen (secondary N) is 1. The molecule has 2 atom stereocenters. The number of aromatic nitrogens is 2. The van der Waals surface area contributed by atoms with Crippen molar-refractivity contribution in [2.75, 3.05) is 24.7 Å². The van der Waals surface area contributed by atoms with Crippen LogP contribution in [0.5, 0.6) is 0 Å². The highest BCUT2D eigenvalue weighted by molar-refractivity contribution is 5.95. The third-order valence-electron chi connectivity index (χ3n) is 5.67. The van der Waals surface area contributed by atoms with Crippen LogP contribution < -0.4 is 10.2 Å². The van der Waals surface area contributed by atoms with Crippen molar-refractivity contribution in [1.29, 1.82) is 0 Å². The van der Waals surface area contributed by atoms with E-state index in [1.54, 1.807) is 0 Å².